The third kappa shape index (κ3) is 6.05. The van der Waals surface area contributed by atoms with Crippen LogP contribution in [0.2, 0.25) is 0 Å². The molecule has 26 heavy (non-hydrogen) atoms. The maximum absolute atomic E-state index is 11.9. The SMILES string of the molecule is COc1ccc(NC(=O)CC(=O)NN=Cc2ccc(C(C)C)cc2)cc1. The molecule has 0 bridgehead atoms. The van der Waals surface area contributed by atoms with Crippen LogP contribution in [0.15, 0.2) is 53.6 Å². The third-order valence-electron chi connectivity index (χ3n) is 3.70. The van der Waals surface area contributed by atoms with Gasteiger partial charge in [0.05, 0.1) is 13.3 Å². The van der Waals surface area contributed by atoms with Gasteiger partial charge in [-0.1, -0.05) is 38.1 Å². The van der Waals surface area contributed by atoms with E-state index in [9.17, 15) is 9.59 Å². The van der Waals surface area contributed by atoms with Gasteiger partial charge in [-0.25, -0.2) is 5.43 Å². The highest BCUT2D eigenvalue weighted by Crippen LogP contribution is 2.15. The number of carbonyl (C=O) groups is 2. The zero-order valence-corrected chi connectivity index (χ0v) is 15.2. The van der Waals surface area contributed by atoms with Crippen molar-refractivity contribution in [2.75, 3.05) is 12.4 Å². The topological polar surface area (TPSA) is 79.8 Å². The Kier molecular flexibility index (Phi) is 6.91. The van der Waals surface area contributed by atoms with Crippen molar-refractivity contribution in [1.29, 1.82) is 0 Å². The molecule has 2 aromatic carbocycles. The molecular weight excluding hydrogens is 330 g/mol. The van der Waals surface area contributed by atoms with E-state index >= 15 is 0 Å². The predicted molar refractivity (Wildman–Crippen MR) is 103 cm³/mol. The maximum Gasteiger partial charge on any atom is 0.249 e. The van der Waals surface area contributed by atoms with Gasteiger partial charge in [0, 0.05) is 5.69 Å². The number of nitrogens with zero attached hydrogens (tertiary/aromatic N) is 1. The number of ether oxygens (including phenoxy) is 1. The van der Waals surface area contributed by atoms with Gasteiger partial charge in [0.1, 0.15) is 12.2 Å². The molecule has 136 valence electrons. The Hall–Kier alpha value is -3.15. The molecule has 0 spiro atoms. The number of hydrazone groups is 1. The van der Waals surface area contributed by atoms with E-state index in [4.69, 9.17) is 4.74 Å². The molecule has 0 fully saturated rings. The lowest BCUT2D eigenvalue weighted by Gasteiger charge is -2.06. The Bertz CT molecular complexity index is 766. The predicted octanol–water partition coefficient (Wildman–Crippen LogP) is 3.30. The molecule has 2 rings (SSSR count). The first-order valence-corrected chi connectivity index (χ1v) is 8.33. The van der Waals surface area contributed by atoms with E-state index in [-0.39, 0.29) is 6.42 Å². The smallest absolute Gasteiger partial charge is 0.249 e. The summed E-state index contributed by atoms with van der Waals surface area (Å²) in [5.74, 6) is 0.261. The number of carbonyl (C=O) groups excluding carboxylic acids is 2. The number of amides is 2. The van der Waals surface area contributed by atoms with E-state index in [1.54, 1.807) is 37.6 Å². The van der Waals surface area contributed by atoms with E-state index in [1.165, 1.54) is 5.56 Å². The van der Waals surface area contributed by atoms with Crippen LogP contribution < -0.4 is 15.5 Å². The Labute approximate surface area is 153 Å². The van der Waals surface area contributed by atoms with Crippen LogP contribution in [0, 0.1) is 0 Å². The van der Waals surface area contributed by atoms with Crippen molar-refractivity contribution in [3.8, 4) is 5.75 Å². The van der Waals surface area contributed by atoms with Gasteiger partial charge in [0.15, 0.2) is 0 Å². The molecule has 0 atom stereocenters. The highest BCUT2D eigenvalue weighted by atomic mass is 16.5. The van der Waals surface area contributed by atoms with E-state index in [1.807, 2.05) is 24.3 Å². The van der Waals surface area contributed by atoms with Crippen LogP contribution in [0.4, 0.5) is 5.69 Å². The summed E-state index contributed by atoms with van der Waals surface area (Å²) in [6.07, 6.45) is 1.24. The fourth-order valence-electron chi connectivity index (χ4n) is 2.21. The summed E-state index contributed by atoms with van der Waals surface area (Å²) < 4.78 is 5.04. The number of hydrogen-bond acceptors (Lipinski definition) is 4. The third-order valence-corrected chi connectivity index (χ3v) is 3.70. The van der Waals surface area contributed by atoms with Gasteiger partial charge in [0.25, 0.3) is 0 Å². The lowest BCUT2D eigenvalue weighted by Crippen LogP contribution is -2.24. The number of nitrogens with one attached hydrogen (secondary N) is 2. The number of anilines is 1. The molecule has 6 heteroatoms. The van der Waals surface area contributed by atoms with Gasteiger partial charge < -0.3 is 10.1 Å². The van der Waals surface area contributed by atoms with Crippen LogP contribution in [0.5, 0.6) is 5.75 Å². The maximum atomic E-state index is 11.9. The molecule has 0 saturated heterocycles. The van der Waals surface area contributed by atoms with Gasteiger partial charge in [-0.3, -0.25) is 9.59 Å². The van der Waals surface area contributed by atoms with Crippen LogP contribution >= 0.6 is 0 Å². The Morgan fingerprint density at radius 1 is 1.04 bits per heavy atom. The molecule has 0 aliphatic heterocycles. The van der Waals surface area contributed by atoms with Crippen LogP contribution in [0.25, 0.3) is 0 Å². The number of benzene rings is 2. The van der Waals surface area contributed by atoms with E-state index in [2.05, 4.69) is 29.7 Å². The standard InChI is InChI=1S/C20H23N3O3/c1-14(2)16-6-4-15(5-7-16)13-21-23-20(25)12-19(24)22-17-8-10-18(26-3)11-9-17/h4-11,13-14H,12H2,1-3H3,(H,22,24)(H,23,25). The minimum atomic E-state index is -0.480. The average molecular weight is 353 g/mol. The first-order valence-electron chi connectivity index (χ1n) is 8.33. The van der Waals surface area contributed by atoms with Crippen LogP contribution in [0.1, 0.15) is 37.3 Å². The molecular formula is C20H23N3O3. The lowest BCUT2D eigenvalue weighted by atomic mass is 10.0. The second-order valence-corrected chi connectivity index (χ2v) is 6.07. The second kappa shape index (κ2) is 9.36. The van der Waals surface area contributed by atoms with E-state index in [0.29, 0.717) is 17.4 Å². The molecule has 0 aliphatic carbocycles. The number of rotatable bonds is 7. The first kappa shape index (κ1) is 19.2. The Morgan fingerprint density at radius 2 is 1.69 bits per heavy atom. The molecule has 2 amide bonds. The second-order valence-electron chi connectivity index (χ2n) is 6.07. The van der Waals surface area contributed by atoms with Crippen LogP contribution in [0.3, 0.4) is 0 Å². The zero-order chi connectivity index (χ0) is 18.9. The van der Waals surface area contributed by atoms with Crippen molar-refractivity contribution >= 4 is 23.7 Å². The average Bonchev–Trinajstić information content (AvgIpc) is 2.62. The highest BCUT2D eigenvalue weighted by Gasteiger charge is 2.09. The van der Waals surface area contributed by atoms with Gasteiger partial charge >= 0.3 is 0 Å². The summed E-state index contributed by atoms with van der Waals surface area (Å²) in [5, 5.41) is 6.52. The summed E-state index contributed by atoms with van der Waals surface area (Å²) in [6, 6.07) is 14.8. The molecule has 2 aromatic rings. The minimum absolute atomic E-state index is 0.310. The van der Waals surface area contributed by atoms with E-state index in [0.717, 1.165) is 5.56 Å². The van der Waals surface area contributed by atoms with Crippen molar-refractivity contribution in [2.24, 2.45) is 5.10 Å². The van der Waals surface area contributed by atoms with Crippen molar-refractivity contribution in [3.63, 3.8) is 0 Å². The van der Waals surface area contributed by atoms with Gasteiger partial charge in [0.2, 0.25) is 11.8 Å². The molecule has 0 heterocycles. The number of hydrogen-bond donors (Lipinski definition) is 2. The summed E-state index contributed by atoms with van der Waals surface area (Å²) in [5.41, 5.74) is 5.06. The molecule has 0 saturated carbocycles. The summed E-state index contributed by atoms with van der Waals surface area (Å²) in [7, 11) is 1.57. The van der Waals surface area contributed by atoms with E-state index < -0.39 is 11.8 Å². The zero-order valence-electron chi connectivity index (χ0n) is 15.2. The lowest BCUT2D eigenvalue weighted by molar-refractivity contribution is -0.126. The Morgan fingerprint density at radius 3 is 2.27 bits per heavy atom. The van der Waals surface area contributed by atoms with Gasteiger partial charge in [-0.2, -0.15) is 5.10 Å². The van der Waals surface area contributed by atoms with Gasteiger partial charge in [-0.05, 0) is 41.3 Å². The Balaban J connectivity index is 1.79. The summed E-state index contributed by atoms with van der Waals surface area (Å²) >= 11 is 0. The van der Waals surface area contributed by atoms with Crippen LogP contribution in [-0.4, -0.2) is 25.1 Å². The molecule has 2 N–H and O–H groups in total. The quantitative estimate of drug-likeness (QED) is 0.455. The fraction of sp³-hybridized carbons (Fsp3) is 0.250. The molecule has 0 unspecified atom stereocenters. The van der Waals surface area contributed by atoms with Gasteiger partial charge in [-0.15, -0.1) is 0 Å². The minimum Gasteiger partial charge on any atom is -0.497 e. The van der Waals surface area contributed by atoms with Crippen molar-refractivity contribution in [2.45, 2.75) is 26.2 Å². The molecule has 0 aliphatic rings. The fourth-order valence-corrected chi connectivity index (χ4v) is 2.21. The van der Waals surface area contributed by atoms with Crippen molar-refractivity contribution in [1.82, 2.24) is 5.43 Å². The normalized spacial score (nSPS) is 10.8. The van der Waals surface area contributed by atoms with Crippen molar-refractivity contribution in [3.05, 3.63) is 59.7 Å². The number of methoxy groups -OCH3 is 1. The summed E-state index contributed by atoms with van der Waals surface area (Å²) in [6.45, 7) is 4.25. The first-order chi connectivity index (χ1) is 12.5. The monoisotopic (exact) mass is 353 g/mol. The largest absolute Gasteiger partial charge is 0.497 e. The highest BCUT2D eigenvalue weighted by molar-refractivity contribution is 6.03. The summed E-state index contributed by atoms with van der Waals surface area (Å²) in [4.78, 5) is 23.6. The van der Waals surface area contributed by atoms with Crippen molar-refractivity contribution < 1.29 is 14.3 Å². The van der Waals surface area contributed by atoms with Crippen LogP contribution in [-0.2, 0) is 9.59 Å². The molecule has 0 aromatic heterocycles. The molecule has 6 nitrogen and oxygen atoms in total. The molecule has 0 radical (unpaired) electrons.